The number of nitro groups is 1. The van der Waals surface area contributed by atoms with E-state index in [0.29, 0.717) is 12.3 Å². The zero-order valence-electron chi connectivity index (χ0n) is 10.4. The van der Waals surface area contributed by atoms with E-state index in [1.807, 2.05) is 13.8 Å². The van der Waals surface area contributed by atoms with Gasteiger partial charge >= 0.3 is 0 Å². The Hall–Kier alpha value is -1.82. The fraction of sp³-hybridized carbons (Fsp3) is 0.455. The standard InChI is InChI=1S/C9H13N3O3.C2H6/c1-6-4-7(12(13)14)9(11)8(5-6)15-3-2-10;1-2/h4-5H,2-3,10-11H2,1H3;1-2H3. The minimum atomic E-state index is -0.530. The topological polar surface area (TPSA) is 104 Å². The summed E-state index contributed by atoms with van der Waals surface area (Å²) < 4.78 is 5.20. The van der Waals surface area contributed by atoms with E-state index in [1.165, 1.54) is 6.07 Å². The Labute approximate surface area is 101 Å². The molecule has 96 valence electrons. The lowest BCUT2D eigenvalue weighted by molar-refractivity contribution is -0.384. The van der Waals surface area contributed by atoms with E-state index < -0.39 is 4.92 Å². The Kier molecular flexibility index (Phi) is 6.65. The first-order valence-electron chi connectivity index (χ1n) is 5.43. The monoisotopic (exact) mass is 241 g/mol. The van der Waals surface area contributed by atoms with Gasteiger partial charge in [0.15, 0.2) is 5.69 Å². The van der Waals surface area contributed by atoms with Gasteiger partial charge in [-0.15, -0.1) is 0 Å². The van der Waals surface area contributed by atoms with Crippen molar-refractivity contribution >= 4 is 11.4 Å². The molecule has 1 rings (SSSR count). The molecule has 0 aliphatic rings. The molecule has 0 aliphatic carbocycles. The summed E-state index contributed by atoms with van der Waals surface area (Å²) in [5.41, 5.74) is 11.5. The molecule has 0 saturated carbocycles. The Balaban J connectivity index is 0.00000121. The van der Waals surface area contributed by atoms with Gasteiger partial charge in [0.05, 0.1) is 4.92 Å². The van der Waals surface area contributed by atoms with Crippen molar-refractivity contribution in [3.63, 3.8) is 0 Å². The van der Waals surface area contributed by atoms with E-state index in [2.05, 4.69) is 0 Å². The summed E-state index contributed by atoms with van der Waals surface area (Å²) in [4.78, 5) is 10.1. The molecule has 0 bridgehead atoms. The molecule has 0 fully saturated rings. The summed E-state index contributed by atoms with van der Waals surface area (Å²) in [6, 6.07) is 3.06. The van der Waals surface area contributed by atoms with Crippen LogP contribution in [0.3, 0.4) is 0 Å². The molecule has 0 heterocycles. The van der Waals surface area contributed by atoms with Crippen molar-refractivity contribution in [2.75, 3.05) is 18.9 Å². The van der Waals surface area contributed by atoms with Crippen LogP contribution in [0.1, 0.15) is 19.4 Å². The van der Waals surface area contributed by atoms with Crippen molar-refractivity contribution in [2.45, 2.75) is 20.8 Å². The number of ether oxygens (including phenoxy) is 1. The second-order valence-electron chi connectivity index (χ2n) is 3.09. The zero-order chi connectivity index (χ0) is 13.4. The Morgan fingerprint density at radius 3 is 2.47 bits per heavy atom. The summed E-state index contributed by atoms with van der Waals surface area (Å²) in [7, 11) is 0. The van der Waals surface area contributed by atoms with Gasteiger partial charge in [0.2, 0.25) is 0 Å². The number of benzene rings is 1. The van der Waals surface area contributed by atoms with Crippen LogP contribution in [-0.4, -0.2) is 18.1 Å². The molecule has 0 spiro atoms. The first-order valence-corrected chi connectivity index (χ1v) is 5.43. The van der Waals surface area contributed by atoms with Crippen LogP contribution in [0.15, 0.2) is 12.1 Å². The predicted molar refractivity (Wildman–Crippen MR) is 68.1 cm³/mol. The number of aryl methyl sites for hydroxylation is 1. The van der Waals surface area contributed by atoms with Gasteiger partial charge in [-0.05, 0) is 18.6 Å². The van der Waals surface area contributed by atoms with Crippen LogP contribution >= 0.6 is 0 Å². The molecule has 0 radical (unpaired) electrons. The first kappa shape index (κ1) is 15.2. The predicted octanol–water partition coefficient (Wildman–Crippen LogP) is 1.85. The Morgan fingerprint density at radius 2 is 2.00 bits per heavy atom. The molecule has 0 atom stereocenters. The molecule has 0 unspecified atom stereocenters. The van der Waals surface area contributed by atoms with Crippen LogP contribution in [0.25, 0.3) is 0 Å². The quantitative estimate of drug-likeness (QED) is 0.475. The second kappa shape index (κ2) is 7.45. The van der Waals surface area contributed by atoms with Crippen LogP contribution in [0, 0.1) is 17.0 Å². The van der Waals surface area contributed by atoms with Gasteiger partial charge in [-0.25, -0.2) is 0 Å². The molecule has 1 aromatic rings. The Bertz CT molecular complexity index is 380. The van der Waals surface area contributed by atoms with Crippen LogP contribution in [-0.2, 0) is 0 Å². The van der Waals surface area contributed by atoms with Crippen LogP contribution in [0.4, 0.5) is 11.4 Å². The molecule has 4 N–H and O–H groups in total. The maximum atomic E-state index is 10.6. The van der Waals surface area contributed by atoms with Crippen molar-refractivity contribution in [3.05, 3.63) is 27.8 Å². The largest absolute Gasteiger partial charge is 0.490 e. The normalized spacial score (nSPS) is 9.18. The molecule has 6 heteroatoms. The average Bonchev–Trinajstić information content (AvgIpc) is 2.32. The maximum absolute atomic E-state index is 10.6. The third-order valence-electron chi connectivity index (χ3n) is 1.84. The molecule has 17 heavy (non-hydrogen) atoms. The summed E-state index contributed by atoms with van der Waals surface area (Å²) in [5.74, 6) is 0.312. The molecule has 0 amide bonds. The summed E-state index contributed by atoms with van der Waals surface area (Å²) >= 11 is 0. The fourth-order valence-corrected chi connectivity index (χ4v) is 1.19. The van der Waals surface area contributed by atoms with Crippen molar-refractivity contribution in [1.29, 1.82) is 0 Å². The maximum Gasteiger partial charge on any atom is 0.296 e. The van der Waals surface area contributed by atoms with Crippen LogP contribution in [0.5, 0.6) is 5.75 Å². The van der Waals surface area contributed by atoms with Gasteiger partial charge in [0, 0.05) is 12.6 Å². The van der Waals surface area contributed by atoms with E-state index in [1.54, 1.807) is 13.0 Å². The van der Waals surface area contributed by atoms with Crippen LogP contribution in [0.2, 0.25) is 0 Å². The Morgan fingerprint density at radius 1 is 1.41 bits per heavy atom. The third-order valence-corrected chi connectivity index (χ3v) is 1.84. The van der Waals surface area contributed by atoms with Crippen molar-refractivity contribution in [2.24, 2.45) is 5.73 Å². The summed E-state index contributed by atoms with van der Waals surface area (Å²) in [6.07, 6.45) is 0. The van der Waals surface area contributed by atoms with E-state index >= 15 is 0 Å². The van der Waals surface area contributed by atoms with Gasteiger partial charge in [0.1, 0.15) is 12.4 Å². The van der Waals surface area contributed by atoms with Crippen molar-refractivity contribution in [3.8, 4) is 5.75 Å². The minimum Gasteiger partial charge on any atom is -0.490 e. The summed E-state index contributed by atoms with van der Waals surface area (Å²) in [5, 5.41) is 10.6. The highest BCUT2D eigenvalue weighted by molar-refractivity contribution is 5.68. The molecular formula is C11H19N3O3. The van der Waals surface area contributed by atoms with E-state index in [-0.39, 0.29) is 18.0 Å². The first-order chi connectivity index (χ1) is 8.06. The molecule has 0 aromatic heterocycles. The molecule has 6 nitrogen and oxygen atoms in total. The smallest absolute Gasteiger partial charge is 0.296 e. The number of nitrogens with zero attached hydrogens (tertiary/aromatic N) is 1. The zero-order valence-corrected chi connectivity index (χ0v) is 10.4. The molecule has 1 aromatic carbocycles. The summed E-state index contributed by atoms with van der Waals surface area (Å²) in [6.45, 7) is 6.35. The third kappa shape index (κ3) is 4.28. The number of hydrogen-bond acceptors (Lipinski definition) is 5. The van der Waals surface area contributed by atoms with Gasteiger partial charge in [-0.2, -0.15) is 0 Å². The number of nitro benzene ring substituents is 1. The lowest BCUT2D eigenvalue weighted by Gasteiger charge is -2.08. The number of hydrogen-bond donors (Lipinski definition) is 2. The van der Waals surface area contributed by atoms with Crippen molar-refractivity contribution in [1.82, 2.24) is 0 Å². The SMILES string of the molecule is CC.Cc1cc(OCCN)c(N)c([N+](=O)[O-])c1. The number of anilines is 1. The van der Waals surface area contributed by atoms with Crippen LogP contribution < -0.4 is 16.2 Å². The number of rotatable bonds is 4. The van der Waals surface area contributed by atoms with Gasteiger partial charge in [-0.3, -0.25) is 10.1 Å². The highest BCUT2D eigenvalue weighted by atomic mass is 16.6. The van der Waals surface area contributed by atoms with E-state index in [4.69, 9.17) is 16.2 Å². The number of nitrogens with two attached hydrogens (primary N) is 2. The van der Waals surface area contributed by atoms with Crippen molar-refractivity contribution < 1.29 is 9.66 Å². The fourth-order valence-electron chi connectivity index (χ4n) is 1.19. The van der Waals surface area contributed by atoms with E-state index in [9.17, 15) is 10.1 Å². The van der Waals surface area contributed by atoms with Gasteiger partial charge in [0.25, 0.3) is 5.69 Å². The lowest BCUT2D eigenvalue weighted by Crippen LogP contribution is -2.12. The highest BCUT2D eigenvalue weighted by Crippen LogP contribution is 2.32. The van der Waals surface area contributed by atoms with E-state index in [0.717, 1.165) is 5.56 Å². The minimum absolute atomic E-state index is 0.0408. The highest BCUT2D eigenvalue weighted by Gasteiger charge is 2.16. The lowest BCUT2D eigenvalue weighted by atomic mass is 10.2. The molecular weight excluding hydrogens is 222 g/mol. The molecule has 0 aliphatic heterocycles. The van der Waals surface area contributed by atoms with Gasteiger partial charge < -0.3 is 16.2 Å². The van der Waals surface area contributed by atoms with Gasteiger partial charge in [-0.1, -0.05) is 13.8 Å². The second-order valence-corrected chi connectivity index (χ2v) is 3.09. The number of nitrogen functional groups attached to an aromatic ring is 1. The molecule has 0 saturated heterocycles. The average molecular weight is 241 g/mol.